The van der Waals surface area contributed by atoms with Gasteiger partial charge in [0.1, 0.15) is 12.4 Å². The Morgan fingerprint density at radius 2 is 1.48 bits per heavy atom. The van der Waals surface area contributed by atoms with Gasteiger partial charge in [-0.25, -0.2) is 9.18 Å². The Morgan fingerprint density at radius 1 is 0.818 bits per heavy atom. The summed E-state index contributed by atoms with van der Waals surface area (Å²) in [6.45, 7) is 3.43. The normalized spacial score (nSPS) is 10.6. The maximum absolute atomic E-state index is 15.1. The second kappa shape index (κ2) is 10.1. The molecule has 0 saturated carbocycles. The second-order valence-corrected chi connectivity index (χ2v) is 7.60. The molecule has 0 unspecified atom stereocenters. The lowest BCUT2D eigenvalue weighted by Crippen LogP contribution is -2.02. The van der Waals surface area contributed by atoms with Crippen LogP contribution in [0.1, 0.15) is 11.1 Å². The van der Waals surface area contributed by atoms with Crippen molar-refractivity contribution < 1.29 is 19.0 Å². The zero-order valence-corrected chi connectivity index (χ0v) is 18.0. The van der Waals surface area contributed by atoms with Crippen molar-refractivity contribution in [1.82, 2.24) is 0 Å². The van der Waals surface area contributed by atoms with Crippen LogP contribution in [0.3, 0.4) is 0 Å². The van der Waals surface area contributed by atoms with Crippen molar-refractivity contribution in [3.05, 3.63) is 121 Å². The maximum Gasteiger partial charge on any atom is 0.330 e. The predicted molar refractivity (Wildman–Crippen MR) is 129 cm³/mol. The van der Waals surface area contributed by atoms with Crippen molar-refractivity contribution in [2.75, 3.05) is 0 Å². The first-order valence-electron chi connectivity index (χ1n) is 10.6. The van der Waals surface area contributed by atoms with Gasteiger partial charge in [0.25, 0.3) is 0 Å². The number of esters is 1. The Bertz CT molecular complexity index is 1280. The lowest BCUT2D eigenvalue weighted by molar-refractivity contribution is -0.138. The van der Waals surface area contributed by atoms with Gasteiger partial charge >= 0.3 is 5.97 Å². The molecule has 1 N–H and O–H groups in total. The van der Waals surface area contributed by atoms with E-state index in [4.69, 9.17) is 4.74 Å². The molecule has 0 amide bonds. The van der Waals surface area contributed by atoms with E-state index in [1.807, 2.05) is 54.6 Å². The van der Waals surface area contributed by atoms with Gasteiger partial charge in [-0.3, -0.25) is 0 Å². The first kappa shape index (κ1) is 22.2. The van der Waals surface area contributed by atoms with Crippen LogP contribution in [0.4, 0.5) is 4.39 Å². The fourth-order valence-corrected chi connectivity index (χ4v) is 3.72. The number of halogens is 1. The molecule has 4 rings (SSSR count). The molecule has 4 aromatic carbocycles. The van der Waals surface area contributed by atoms with Crippen molar-refractivity contribution in [2.45, 2.75) is 13.2 Å². The number of aliphatic hydroxyl groups excluding tert-OH is 1. The summed E-state index contributed by atoms with van der Waals surface area (Å²) in [4.78, 5) is 11.7. The molecule has 4 heteroatoms. The fraction of sp³-hybridized carbons (Fsp3) is 0.0690. The van der Waals surface area contributed by atoms with Gasteiger partial charge in [0.15, 0.2) is 0 Å². The minimum absolute atomic E-state index is 0.0485. The van der Waals surface area contributed by atoms with E-state index < -0.39 is 5.97 Å². The summed E-state index contributed by atoms with van der Waals surface area (Å²) in [5, 5.41) is 9.22. The minimum Gasteiger partial charge on any atom is -0.458 e. The summed E-state index contributed by atoms with van der Waals surface area (Å²) in [6.07, 6.45) is 1.12. The number of rotatable bonds is 7. The van der Waals surface area contributed by atoms with E-state index in [2.05, 4.69) is 6.58 Å². The number of hydrogen-bond acceptors (Lipinski definition) is 3. The molecule has 0 aromatic heterocycles. The maximum atomic E-state index is 15.1. The lowest BCUT2D eigenvalue weighted by atomic mass is 9.93. The summed E-state index contributed by atoms with van der Waals surface area (Å²) in [5.74, 6) is -0.871. The first-order chi connectivity index (χ1) is 16.1. The van der Waals surface area contributed by atoms with Crippen molar-refractivity contribution >= 4 is 5.97 Å². The molecule has 0 aliphatic heterocycles. The van der Waals surface area contributed by atoms with Crippen molar-refractivity contribution in [2.24, 2.45) is 0 Å². The number of carbonyl (C=O) groups excluding carboxylic acids is 1. The highest BCUT2D eigenvalue weighted by Crippen LogP contribution is 2.33. The topological polar surface area (TPSA) is 46.5 Å². The summed E-state index contributed by atoms with van der Waals surface area (Å²) < 4.78 is 20.4. The van der Waals surface area contributed by atoms with Crippen LogP contribution < -0.4 is 0 Å². The molecule has 0 radical (unpaired) electrons. The molecular weight excluding hydrogens is 415 g/mol. The molecule has 0 spiro atoms. The summed E-state index contributed by atoms with van der Waals surface area (Å²) in [6, 6.07) is 28.0. The molecule has 0 aliphatic carbocycles. The highest BCUT2D eigenvalue weighted by atomic mass is 19.1. The molecule has 0 atom stereocenters. The van der Waals surface area contributed by atoms with Crippen LogP contribution in [0.5, 0.6) is 0 Å². The minimum atomic E-state index is -0.515. The molecule has 3 nitrogen and oxygen atoms in total. The van der Waals surface area contributed by atoms with Crippen LogP contribution in [-0.2, 0) is 22.7 Å². The Hall–Kier alpha value is -4.02. The van der Waals surface area contributed by atoms with E-state index in [-0.39, 0.29) is 19.0 Å². The summed E-state index contributed by atoms with van der Waals surface area (Å²) in [5.41, 5.74) is 6.23. The van der Waals surface area contributed by atoms with E-state index in [1.165, 1.54) is 6.07 Å². The zero-order chi connectivity index (χ0) is 23.2. The van der Waals surface area contributed by atoms with Gasteiger partial charge in [0.2, 0.25) is 0 Å². The molecule has 164 valence electrons. The van der Waals surface area contributed by atoms with Gasteiger partial charge in [0, 0.05) is 11.6 Å². The lowest BCUT2D eigenvalue weighted by Gasteiger charge is -2.14. The average Bonchev–Trinajstić information content (AvgIpc) is 2.87. The molecule has 0 aliphatic rings. The second-order valence-electron chi connectivity index (χ2n) is 7.60. The van der Waals surface area contributed by atoms with Gasteiger partial charge in [-0.05, 0) is 51.1 Å². The first-order valence-corrected chi connectivity index (χ1v) is 10.6. The summed E-state index contributed by atoms with van der Waals surface area (Å²) in [7, 11) is 0. The predicted octanol–water partition coefficient (Wildman–Crippen LogP) is 6.55. The van der Waals surface area contributed by atoms with Gasteiger partial charge < -0.3 is 9.84 Å². The third-order valence-electron chi connectivity index (χ3n) is 5.48. The summed E-state index contributed by atoms with van der Waals surface area (Å²) >= 11 is 0. The van der Waals surface area contributed by atoms with Gasteiger partial charge in [-0.15, -0.1) is 0 Å². The van der Waals surface area contributed by atoms with E-state index in [0.717, 1.165) is 39.5 Å². The molecule has 0 bridgehead atoms. The largest absolute Gasteiger partial charge is 0.458 e. The van der Waals surface area contributed by atoms with Gasteiger partial charge in [0.05, 0.1) is 6.61 Å². The van der Waals surface area contributed by atoms with E-state index in [9.17, 15) is 9.90 Å². The molecular formula is C29H23FO3. The molecule has 0 saturated heterocycles. The Balaban J connectivity index is 1.72. The SMILES string of the molecule is C=CC(=O)OCc1cc(-c2ccccc2)ccc1-c1ccc(-c2ccc(CO)cc2)c(F)c1. The zero-order valence-electron chi connectivity index (χ0n) is 18.0. The third-order valence-corrected chi connectivity index (χ3v) is 5.48. The van der Waals surface area contributed by atoms with E-state index in [0.29, 0.717) is 11.1 Å². The van der Waals surface area contributed by atoms with Crippen molar-refractivity contribution in [1.29, 1.82) is 0 Å². The van der Waals surface area contributed by atoms with Crippen LogP contribution in [0.15, 0.2) is 104 Å². The van der Waals surface area contributed by atoms with Crippen LogP contribution >= 0.6 is 0 Å². The van der Waals surface area contributed by atoms with Crippen molar-refractivity contribution in [3.63, 3.8) is 0 Å². The standard InChI is InChI=1S/C29H23FO3/c1-2-29(32)33-19-25-16-23(21-6-4-3-5-7-21)12-14-26(25)24-13-15-27(28(30)17-24)22-10-8-20(18-31)9-11-22/h2-17,31H,1,18-19H2. The van der Waals surface area contributed by atoms with Crippen molar-refractivity contribution in [3.8, 4) is 33.4 Å². The van der Waals surface area contributed by atoms with Crippen LogP contribution in [-0.4, -0.2) is 11.1 Å². The number of ether oxygens (including phenoxy) is 1. The van der Waals surface area contributed by atoms with Crippen LogP contribution in [0.2, 0.25) is 0 Å². The highest BCUT2D eigenvalue weighted by Gasteiger charge is 2.13. The molecule has 4 aromatic rings. The Labute approximate surface area is 192 Å². The number of hydrogen-bond donors (Lipinski definition) is 1. The number of carbonyl (C=O) groups is 1. The number of benzene rings is 4. The average molecular weight is 438 g/mol. The van der Waals surface area contributed by atoms with Gasteiger partial charge in [-0.2, -0.15) is 0 Å². The Kier molecular flexibility index (Phi) is 6.77. The third kappa shape index (κ3) is 5.08. The number of aliphatic hydroxyl groups is 1. The van der Waals surface area contributed by atoms with E-state index >= 15 is 4.39 Å². The highest BCUT2D eigenvalue weighted by molar-refractivity contribution is 5.81. The molecule has 0 heterocycles. The molecule has 33 heavy (non-hydrogen) atoms. The van der Waals surface area contributed by atoms with Crippen LogP contribution in [0, 0.1) is 5.82 Å². The quantitative estimate of drug-likeness (QED) is 0.263. The smallest absolute Gasteiger partial charge is 0.330 e. The van der Waals surface area contributed by atoms with E-state index in [1.54, 1.807) is 30.3 Å². The Morgan fingerprint density at radius 3 is 2.15 bits per heavy atom. The fourth-order valence-electron chi connectivity index (χ4n) is 3.72. The van der Waals surface area contributed by atoms with Crippen LogP contribution in [0.25, 0.3) is 33.4 Å². The van der Waals surface area contributed by atoms with Gasteiger partial charge in [-0.1, -0.05) is 85.4 Å². The monoisotopic (exact) mass is 438 g/mol. The molecule has 0 fully saturated rings.